The van der Waals surface area contributed by atoms with Gasteiger partial charge in [0.05, 0.1) is 45.6 Å². The molecule has 0 saturated carbocycles. The summed E-state index contributed by atoms with van der Waals surface area (Å²) >= 11 is 0. The second kappa shape index (κ2) is 18.9. The van der Waals surface area contributed by atoms with Gasteiger partial charge in [-0.3, -0.25) is 10.2 Å². The summed E-state index contributed by atoms with van der Waals surface area (Å²) in [5.74, 6) is 0. The minimum absolute atomic E-state index is 0.0251. The van der Waals surface area contributed by atoms with E-state index in [1.807, 2.05) is 0 Å². The molecule has 12 nitrogen and oxygen atoms in total. The minimum Gasteiger partial charge on any atom is -0.356 e. The molecule has 396 valence electrons. The van der Waals surface area contributed by atoms with Crippen molar-refractivity contribution >= 4 is 21.5 Å². The number of ether oxygens (including phenoxy) is 2. The summed E-state index contributed by atoms with van der Waals surface area (Å²) in [6.45, 7) is 20.2. The molecule has 2 unspecified atom stereocenters. The third-order valence-corrected chi connectivity index (χ3v) is 18.6. The Labute approximate surface area is 448 Å². The van der Waals surface area contributed by atoms with Crippen LogP contribution in [0.5, 0.6) is 0 Å². The van der Waals surface area contributed by atoms with E-state index in [4.69, 9.17) is 39.8 Å². The maximum atomic E-state index is 6.42. The van der Waals surface area contributed by atoms with Crippen LogP contribution in [0.2, 0.25) is 0 Å². The third-order valence-electron chi connectivity index (χ3n) is 18.6. The molecule has 2 atom stereocenters. The topological polar surface area (TPSA) is 137 Å². The van der Waals surface area contributed by atoms with Crippen molar-refractivity contribution < 1.29 is 9.47 Å². The average molecular weight is 1020 g/mol. The fourth-order valence-corrected chi connectivity index (χ4v) is 14.3. The first-order chi connectivity index (χ1) is 36.7. The molecule has 0 bridgehead atoms. The molecule has 14 rings (SSSR count). The summed E-state index contributed by atoms with van der Waals surface area (Å²) < 4.78 is 17.3. The molecule has 76 heavy (non-hydrogen) atoms. The van der Waals surface area contributed by atoms with Gasteiger partial charge in [-0.05, 0) is 138 Å². The van der Waals surface area contributed by atoms with E-state index >= 15 is 0 Å². The number of nitrogens with one attached hydrogen (secondary N) is 2. The first-order valence-corrected chi connectivity index (χ1v) is 29.1. The molecule has 2 N–H and O–H groups in total. The fraction of sp³-hybridized carbons (Fsp3) is 0.531. The first-order valence-electron chi connectivity index (χ1n) is 29.1. The van der Waals surface area contributed by atoms with Crippen LogP contribution in [0.25, 0.3) is 67.1 Å². The number of pyridine rings is 2. The van der Waals surface area contributed by atoms with E-state index in [9.17, 15) is 0 Å². The molecule has 2 aromatic carbocycles. The van der Waals surface area contributed by atoms with E-state index in [0.717, 1.165) is 148 Å². The van der Waals surface area contributed by atoms with E-state index in [1.165, 1.54) is 93.3 Å². The standard InChI is InChI=1S/C37H47N5O2.C27H31N5/c1-36(2)19-11-15-26-32(41(39-34(26)36)29-17-7-9-21-43-29)28-23-24-13-5-6-14-25(24)31(38-28)33-27-16-12-20-37(3,4)35(27)40-42(33)30-18-8-10-22-44-30;1-26(2)13-7-11-18-21(29-31-24(18)26)20-15-16-9-5-6-10-17(16)22(28-20)23-19-12-8-14-27(3,4)25(19)32-30-23/h5-6,13-14,23,29-30H,7-12,15-22H2,1-4H3;5-6,9-10,15H,7-8,11-14H2,1-4H3,(H,29,31)(H,30,32). The van der Waals surface area contributed by atoms with Crippen LogP contribution in [0.1, 0.15) is 203 Å². The maximum Gasteiger partial charge on any atom is 0.150 e. The number of aromatic amines is 2. The number of aromatic nitrogens is 10. The van der Waals surface area contributed by atoms with Crippen molar-refractivity contribution in [2.24, 2.45) is 0 Å². The van der Waals surface area contributed by atoms with Crippen LogP contribution >= 0.6 is 0 Å². The van der Waals surface area contributed by atoms with Gasteiger partial charge >= 0.3 is 0 Å². The summed E-state index contributed by atoms with van der Waals surface area (Å²) in [7, 11) is 0. The molecule has 8 aromatic rings. The minimum atomic E-state index is -0.0564. The molecule has 12 heteroatoms. The third kappa shape index (κ3) is 8.46. The normalized spacial score (nSPS) is 22.3. The molecule has 6 aliphatic rings. The van der Waals surface area contributed by atoms with Crippen molar-refractivity contribution in [1.29, 1.82) is 0 Å². The number of rotatable bonds is 6. The molecular weight excluding hydrogens is 941 g/mol. The lowest BCUT2D eigenvalue weighted by Crippen LogP contribution is -2.24. The molecular formula is C64H78N10O2. The second-order valence-electron chi connectivity index (χ2n) is 25.8. The highest BCUT2D eigenvalue weighted by molar-refractivity contribution is 5.98. The van der Waals surface area contributed by atoms with Gasteiger partial charge in [-0.25, -0.2) is 19.3 Å². The smallest absolute Gasteiger partial charge is 0.150 e. The Morgan fingerprint density at radius 3 is 1.46 bits per heavy atom. The monoisotopic (exact) mass is 1020 g/mol. The van der Waals surface area contributed by atoms with E-state index in [0.29, 0.717) is 0 Å². The van der Waals surface area contributed by atoms with Crippen molar-refractivity contribution in [3.63, 3.8) is 0 Å². The Balaban J connectivity index is 0.000000153. The highest BCUT2D eigenvalue weighted by Gasteiger charge is 2.40. The van der Waals surface area contributed by atoms with Crippen LogP contribution in [-0.4, -0.2) is 63.1 Å². The Hall–Kier alpha value is -5.98. The highest BCUT2D eigenvalue weighted by atomic mass is 16.5. The summed E-state index contributed by atoms with van der Waals surface area (Å²) in [6, 6.07) is 21.8. The van der Waals surface area contributed by atoms with Gasteiger partial charge in [0, 0.05) is 79.3 Å². The zero-order chi connectivity index (χ0) is 52.1. The molecule has 8 heterocycles. The first kappa shape index (κ1) is 49.6. The van der Waals surface area contributed by atoms with E-state index < -0.39 is 0 Å². The van der Waals surface area contributed by atoms with E-state index in [-0.39, 0.29) is 34.1 Å². The second-order valence-corrected chi connectivity index (χ2v) is 25.8. The van der Waals surface area contributed by atoms with Crippen LogP contribution in [0.15, 0.2) is 60.7 Å². The molecule has 6 aromatic heterocycles. The predicted octanol–water partition coefficient (Wildman–Crippen LogP) is 14.8. The summed E-state index contributed by atoms with van der Waals surface area (Å²) in [5.41, 5.74) is 19.0. The van der Waals surface area contributed by atoms with Gasteiger partial charge < -0.3 is 9.47 Å². The SMILES string of the molecule is CC1(C)CCCc2c(-c3cc4ccccc4c(-c4n[nH]c5c4CCCC5(C)C)n3)n[nH]c21.CC1(C)CCCc2c1nn(C1CCCCO1)c2-c1cc2ccccc2c(-c2c3c(nn2C2CCCCO2)C(C)(C)CCC3)n1. The van der Waals surface area contributed by atoms with Crippen LogP contribution in [0, 0.1) is 0 Å². The van der Waals surface area contributed by atoms with Crippen molar-refractivity contribution in [3.05, 3.63) is 106 Å². The Morgan fingerprint density at radius 2 is 0.908 bits per heavy atom. The lowest BCUT2D eigenvalue weighted by Gasteiger charge is -2.29. The van der Waals surface area contributed by atoms with Gasteiger partial charge in [0.1, 0.15) is 11.4 Å². The number of benzene rings is 2. The molecule has 0 radical (unpaired) electrons. The summed E-state index contributed by atoms with van der Waals surface area (Å²) in [5, 5.41) is 31.9. The number of fused-ring (bicyclic) bond motifs is 6. The molecule has 2 saturated heterocycles. The summed E-state index contributed by atoms with van der Waals surface area (Å²) in [4.78, 5) is 10.9. The van der Waals surface area contributed by atoms with Crippen molar-refractivity contribution in [2.45, 2.75) is 205 Å². The molecule has 2 fully saturated rings. The number of H-pyrrole nitrogens is 2. The van der Waals surface area contributed by atoms with Gasteiger partial charge in [0.2, 0.25) is 0 Å². The zero-order valence-corrected chi connectivity index (χ0v) is 46.5. The van der Waals surface area contributed by atoms with Crippen molar-refractivity contribution in [1.82, 2.24) is 49.9 Å². The largest absolute Gasteiger partial charge is 0.356 e. The van der Waals surface area contributed by atoms with Gasteiger partial charge in [-0.15, -0.1) is 0 Å². The fourth-order valence-electron chi connectivity index (χ4n) is 14.3. The number of hydrogen-bond donors (Lipinski definition) is 2. The van der Waals surface area contributed by atoms with Gasteiger partial charge in [0.25, 0.3) is 0 Å². The quantitative estimate of drug-likeness (QED) is 0.168. The predicted molar refractivity (Wildman–Crippen MR) is 303 cm³/mol. The Bertz CT molecular complexity index is 3500. The van der Waals surface area contributed by atoms with Gasteiger partial charge in [-0.2, -0.15) is 20.4 Å². The van der Waals surface area contributed by atoms with E-state index in [1.54, 1.807) is 0 Å². The van der Waals surface area contributed by atoms with Gasteiger partial charge in [-0.1, -0.05) is 104 Å². The Morgan fingerprint density at radius 1 is 0.461 bits per heavy atom. The highest BCUT2D eigenvalue weighted by Crippen LogP contribution is 2.48. The average Bonchev–Trinajstić information content (AvgIpc) is 4.30. The molecule has 0 amide bonds. The molecule has 0 spiro atoms. The molecule has 4 aliphatic carbocycles. The lowest BCUT2D eigenvalue weighted by atomic mass is 9.75. The Kier molecular flexibility index (Phi) is 12.3. The van der Waals surface area contributed by atoms with Gasteiger partial charge in [0.15, 0.2) is 12.5 Å². The summed E-state index contributed by atoms with van der Waals surface area (Å²) in [6.07, 6.45) is 20.0. The van der Waals surface area contributed by atoms with Crippen molar-refractivity contribution in [3.8, 4) is 45.6 Å². The van der Waals surface area contributed by atoms with Crippen molar-refractivity contribution in [2.75, 3.05) is 13.2 Å². The number of nitrogens with zero attached hydrogens (tertiary/aromatic N) is 8. The van der Waals surface area contributed by atoms with E-state index in [2.05, 4.69) is 136 Å². The van der Waals surface area contributed by atoms with Crippen LogP contribution in [-0.2, 0) is 56.8 Å². The maximum absolute atomic E-state index is 6.42. The zero-order valence-electron chi connectivity index (χ0n) is 46.5. The van der Waals surface area contributed by atoms with Crippen LogP contribution < -0.4 is 0 Å². The van der Waals surface area contributed by atoms with Crippen LogP contribution in [0.3, 0.4) is 0 Å². The van der Waals surface area contributed by atoms with Crippen LogP contribution in [0.4, 0.5) is 0 Å². The number of hydrogen-bond acceptors (Lipinski definition) is 8. The molecule has 2 aliphatic heterocycles. The lowest BCUT2D eigenvalue weighted by molar-refractivity contribution is -0.0387.